The van der Waals surface area contributed by atoms with Crippen LogP contribution >= 0.6 is 0 Å². The molecule has 2 unspecified atom stereocenters. The molecule has 1 N–H and O–H groups in total. The quantitative estimate of drug-likeness (QED) is 0.660. The van der Waals surface area contributed by atoms with Crippen molar-refractivity contribution >= 4 is 9.84 Å². The lowest BCUT2D eigenvalue weighted by molar-refractivity contribution is 0.0615. The molecule has 114 valence electrons. The Morgan fingerprint density at radius 2 is 2.00 bits per heavy atom. The molecule has 19 heavy (non-hydrogen) atoms. The van der Waals surface area contributed by atoms with Crippen molar-refractivity contribution in [3.8, 4) is 0 Å². The van der Waals surface area contributed by atoms with Crippen LogP contribution in [0.3, 0.4) is 0 Å². The highest BCUT2D eigenvalue weighted by Gasteiger charge is 2.41. The van der Waals surface area contributed by atoms with Gasteiger partial charge in [0.2, 0.25) is 0 Å². The van der Waals surface area contributed by atoms with Gasteiger partial charge in [-0.25, -0.2) is 8.42 Å². The van der Waals surface area contributed by atoms with Gasteiger partial charge in [-0.2, -0.15) is 0 Å². The van der Waals surface area contributed by atoms with Crippen molar-refractivity contribution in [2.24, 2.45) is 5.41 Å². The average Bonchev–Trinajstić information content (AvgIpc) is 2.70. The Balaban J connectivity index is 2.60. The van der Waals surface area contributed by atoms with Crippen molar-refractivity contribution in [1.82, 2.24) is 5.32 Å². The van der Waals surface area contributed by atoms with Crippen LogP contribution < -0.4 is 5.32 Å². The average molecular weight is 291 g/mol. The largest absolute Gasteiger partial charge is 0.378 e. The third-order valence-corrected chi connectivity index (χ3v) is 6.02. The van der Waals surface area contributed by atoms with Gasteiger partial charge in [-0.1, -0.05) is 13.8 Å². The zero-order valence-electron chi connectivity index (χ0n) is 12.6. The number of ether oxygens (including phenoxy) is 1. The minimum Gasteiger partial charge on any atom is -0.378 e. The normalized spacial score (nSPS) is 27.8. The lowest BCUT2D eigenvalue weighted by Gasteiger charge is -2.32. The smallest absolute Gasteiger partial charge is 0.150 e. The Morgan fingerprint density at radius 1 is 1.26 bits per heavy atom. The summed E-state index contributed by atoms with van der Waals surface area (Å²) in [4.78, 5) is 0. The molecule has 1 fully saturated rings. The highest BCUT2D eigenvalue weighted by Crippen LogP contribution is 2.38. The Kier molecular flexibility index (Phi) is 6.77. The summed E-state index contributed by atoms with van der Waals surface area (Å²) in [5.41, 5.74) is -0.00399. The molecule has 5 heteroatoms. The highest BCUT2D eigenvalue weighted by molar-refractivity contribution is 7.91. The first kappa shape index (κ1) is 16.9. The van der Waals surface area contributed by atoms with Gasteiger partial charge in [0.25, 0.3) is 0 Å². The fraction of sp³-hybridized carbons (Fsp3) is 1.00. The summed E-state index contributed by atoms with van der Waals surface area (Å²) in [7, 11) is -2.89. The van der Waals surface area contributed by atoms with Gasteiger partial charge in [0.1, 0.15) is 9.84 Å². The molecule has 1 aliphatic heterocycles. The van der Waals surface area contributed by atoms with Crippen molar-refractivity contribution in [3.63, 3.8) is 0 Å². The van der Waals surface area contributed by atoms with Gasteiger partial charge in [-0.05, 0) is 39.2 Å². The standard InChI is InChI=1S/C14H29NO3S/c1-4-8-15-12-14(6-9-18-13(14)3)7-11-19(16,17)10-5-2/h13,15H,4-12H2,1-3H3. The van der Waals surface area contributed by atoms with Crippen LogP contribution in [0.15, 0.2) is 0 Å². The van der Waals surface area contributed by atoms with Crippen LogP contribution in [0, 0.1) is 5.41 Å². The van der Waals surface area contributed by atoms with Crippen molar-refractivity contribution in [2.45, 2.75) is 52.6 Å². The van der Waals surface area contributed by atoms with E-state index >= 15 is 0 Å². The second-order valence-electron chi connectivity index (χ2n) is 5.70. The first-order valence-corrected chi connectivity index (χ1v) is 9.30. The molecule has 0 spiro atoms. The Labute approximate surface area is 118 Å². The van der Waals surface area contributed by atoms with Crippen LogP contribution in [-0.4, -0.2) is 45.7 Å². The molecule has 0 aromatic rings. The fourth-order valence-electron chi connectivity index (χ4n) is 2.75. The summed E-state index contributed by atoms with van der Waals surface area (Å²) in [5, 5.41) is 3.44. The highest BCUT2D eigenvalue weighted by atomic mass is 32.2. The molecular formula is C14H29NO3S. The lowest BCUT2D eigenvalue weighted by Crippen LogP contribution is -2.41. The van der Waals surface area contributed by atoms with Crippen LogP contribution in [0.5, 0.6) is 0 Å². The van der Waals surface area contributed by atoms with E-state index in [4.69, 9.17) is 4.74 Å². The molecule has 1 heterocycles. The molecule has 1 saturated heterocycles. The van der Waals surface area contributed by atoms with Gasteiger partial charge in [0.05, 0.1) is 11.9 Å². The predicted octanol–water partition coefficient (Wildman–Crippen LogP) is 2.00. The summed E-state index contributed by atoms with van der Waals surface area (Å²) in [6.07, 6.45) is 3.63. The van der Waals surface area contributed by atoms with E-state index < -0.39 is 9.84 Å². The second-order valence-corrected chi connectivity index (χ2v) is 8.01. The van der Waals surface area contributed by atoms with Gasteiger partial charge in [0, 0.05) is 24.3 Å². The SMILES string of the molecule is CCCNCC1(CCS(=O)(=O)CCC)CCOC1C. The molecule has 0 aliphatic carbocycles. The first-order chi connectivity index (χ1) is 8.96. The Bertz CT molecular complexity index is 356. The van der Waals surface area contributed by atoms with Gasteiger partial charge >= 0.3 is 0 Å². The number of rotatable bonds is 9. The van der Waals surface area contributed by atoms with Crippen LogP contribution in [0.2, 0.25) is 0 Å². The minimum atomic E-state index is -2.89. The Hall–Kier alpha value is -0.130. The van der Waals surface area contributed by atoms with Crippen LogP contribution in [0.4, 0.5) is 0 Å². The molecule has 4 nitrogen and oxygen atoms in total. The maximum Gasteiger partial charge on any atom is 0.150 e. The molecular weight excluding hydrogens is 262 g/mol. The van der Waals surface area contributed by atoms with E-state index in [0.717, 1.165) is 32.5 Å². The molecule has 2 atom stereocenters. The number of nitrogens with one attached hydrogen (secondary N) is 1. The van der Waals surface area contributed by atoms with Crippen molar-refractivity contribution < 1.29 is 13.2 Å². The molecule has 0 amide bonds. The van der Waals surface area contributed by atoms with Crippen LogP contribution in [0.1, 0.15) is 46.5 Å². The summed E-state index contributed by atoms with van der Waals surface area (Å²) < 4.78 is 29.5. The zero-order valence-corrected chi connectivity index (χ0v) is 13.4. The molecule has 0 aromatic heterocycles. The number of sulfone groups is 1. The van der Waals surface area contributed by atoms with E-state index in [0.29, 0.717) is 24.3 Å². The van der Waals surface area contributed by atoms with E-state index in [1.165, 1.54) is 0 Å². The van der Waals surface area contributed by atoms with E-state index in [-0.39, 0.29) is 11.5 Å². The maximum absolute atomic E-state index is 11.9. The first-order valence-electron chi connectivity index (χ1n) is 7.48. The second kappa shape index (κ2) is 7.60. The van der Waals surface area contributed by atoms with Crippen molar-refractivity contribution in [3.05, 3.63) is 0 Å². The van der Waals surface area contributed by atoms with Gasteiger partial charge < -0.3 is 10.1 Å². The summed E-state index contributed by atoms with van der Waals surface area (Å²) >= 11 is 0. The monoisotopic (exact) mass is 291 g/mol. The molecule has 0 aromatic carbocycles. The molecule has 0 bridgehead atoms. The van der Waals surface area contributed by atoms with Crippen molar-refractivity contribution in [1.29, 1.82) is 0 Å². The Morgan fingerprint density at radius 3 is 2.53 bits per heavy atom. The van der Waals surface area contributed by atoms with Gasteiger partial charge in [-0.3, -0.25) is 0 Å². The van der Waals surface area contributed by atoms with E-state index in [1.807, 2.05) is 6.92 Å². The summed E-state index contributed by atoms with van der Waals surface area (Å²) in [6, 6.07) is 0. The third kappa shape index (κ3) is 5.04. The molecule has 1 rings (SSSR count). The summed E-state index contributed by atoms with van der Waals surface area (Å²) in [6.45, 7) is 8.73. The van der Waals surface area contributed by atoms with Crippen molar-refractivity contribution in [2.75, 3.05) is 31.2 Å². The van der Waals surface area contributed by atoms with Crippen LogP contribution in [0.25, 0.3) is 0 Å². The maximum atomic E-state index is 11.9. The number of hydrogen-bond donors (Lipinski definition) is 1. The van der Waals surface area contributed by atoms with Gasteiger partial charge in [-0.15, -0.1) is 0 Å². The zero-order chi connectivity index (χ0) is 14.4. The molecule has 0 saturated carbocycles. The summed E-state index contributed by atoms with van der Waals surface area (Å²) in [5.74, 6) is 0.600. The van der Waals surface area contributed by atoms with E-state index in [9.17, 15) is 8.42 Å². The lowest BCUT2D eigenvalue weighted by atomic mass is 9.79. The minimum absolute atomic E-state index is 0.00399. The van der Waals surface area contributed by atoms with E-state index in [2.05, 4.69) is 19.2 Å². The van der Waals surface area contributed by atoms with E-state index in [1.54, 1.807) is 0 Å². The molecule has 0 radical (unpaired) electrons. The topological polar surface area (TPSA) is 55.4 Å². The third-order valence-electron chi connectivity index (χ3n) is 4.16. The fourth-order valence-corrected chi connectivity index (χ4v) is 4.30. The van der Waals surface area contributed by atoms with Gasteiger partial charge in [0.15, 0.2) is 0 Å². The van der Waals surface area contributed by atoms with Crippen LogP contribution in [-0.2, 0) is 14.6 Å². The molecule has 1 aliphatic rings. The predicted molar refractivity (Wildman–Crippen MR) is 79.2 cm³/mol. The number of hydrogen-bond acceptors (Lipinski definition) is 4.